The first-order chi connectivity index (χ1) is 9.01. The van der Waals surface area contributed by atoms with Crippen molar-refractivity contribution in [3.8, 4) is 10.9 Å². The molecule has 0 radical (unpaired) electrons. The highest BCUT2D eigenvalue weighted by atomic mass is 79.9. The molecule has 2 aromatic rings. The number of halogens is 2. The molecular weight excluding hydrogens is 350 g/mol. The summed E-state index contributed by atoms with van der Waals surface area (Å²) in [6.07, 6.45) is 0. The first-order valence-corrected chi connectivity index (χ1v) is 7.73. The van der Waals surface area contributed by atoms with Crippen LogP contribution in [-0.2, 0) is 6.61 Å². The molecule has 0 aliphatic heterocycles. The molecule has 0 saturated heterocycles. The van der Waals surface area contributed by atoms with E-state index >= 15 is 0 Å². The Balaban J connectivity index is 2.32. The SMILES string of the molecule is CC(C)c1cc(Br)ccc1Oc1nc(Cl)c(CO)s1. The maximum absolute atomic E-state index is 9.10. The molecule has 2 rings (SSSR count). The first kappa shape index (κ1) is 14.8. The van der Waals surface area contributed by atoms with E-state index in [1.165, 1.54) is 11.3 Å². The van der Waals surface area contributed by atoms with Crippen LogP contribution >= 0.6 is 38.9 Å². The molecule has 3 nitrogen and oxygen atoms in total. The van der Waals surface area contributed by atoms with E-state index in [-0.39, 0.29) is 6.61 Å². The summed E-state index contributed by atoms with van der Waals surface area (Å²) < 4.78 is 6.79. The van der Waals surface area contributed by atoms with Gasteiger partial charge in [0.05, 0.1) is 11.5 Å². The molecule has 0 unspecified atom stereocenters. The molecule has 0 fully saturated rings. The van der Waals surface area contributed by atoms with E-state index in [2.05, 4.69) is 34.8 Å². The molecule has 1 aromatic heterocycles. The van der Waals surface area contributed by atoms with E-state index in [9.17, 15) is 0 Å². The third-order valence-corrected chi connectivity index (χ3v) is 4.40. The summed E-state index contributed by atoms with van der Waals surface area (Å²) in [5.74, 6) is 1.09. The molecule has 1 aromatic carbocycles. The predicted molar refractivity (Wildman–Crippen MR) is 81.4 cm³/mol. The fourth-order valence-corrected chi connectivity index (χ4v) is 2.97. The zero-order valence-corrected chi connectivity index (χ0v) is 13.6. The second-order valence-corrected chi connectivity index (χ2v) is 6.61. The molecule has 1 heterocycles. The summed E-state index contributed by atoms with van der Waals surface area (Å²) in [5.41, 5.74) is 1.09. The van der Waals surface area contributed by atoms with Gasteiger partial charge in [0, 0.05) is 4.47 Å². The van der Waals surface area contributed by atoms with Gasteiger partial charge in [0.25, 0.3) is 5.19 Å². The number of aromatic nitrogens is 1. The molecule has 0 bridgehead atoms. The Morgan fingerprint density at radius 3 is 2.79 bits per heavy atom. The van der Waals surface area contributed by atoms with Gasteiger partial charge in [-0.2, -0.15) is 4.98 Å². The Bertz CT molecular complexity index is 586. The number of benzene rings is 1. The van der Waals surface area contributed by atoms with Crippen molar-refractivity contribution in [2.75, 3.05) is 0 Å². The summed E-state index contributed by atoms with van der Waals surface area (Å²) in [6, 6.07) is 5.85. The van der Waals surface area contributed by atoms with Crippen LogP contribution in [-0.4, -0.2) is 10.1 Å². The smallest absolute Gasteiger partial charge is 0.280 e. The molecule has 102 valence electrons. The van der Waals surface area contributed by atoms with Gasteiger partial charge in [0.15, 0.2) is 0 Å². The zero-order valence-electron chi connectivity index (χ0n) is 10.5. The number of aliphatic hydroxyl groups is 1. The molecular formula is C13H13BrClNO2S. The number of nitrogens with zero attached hydrogens (tertiary/aromatic N) is 1. The summed E-state index contributed by atoms with van der Waals surface area (Å²) >= 11 is 10.6. The van der Waals surface area contributed by atoms with Gasteiger partial charge < -0.3 is 9.84 Å². The fourth-order valence-electron chi connectivity index (χ4n) is 1.61. The van der Waals surface area contributed by atoms with Crippen LogP contribution in [0.3, 0.4) is 0 Å². The van der Waals surface area contributed by atoms with E-state index in [1.54, 1.807) is 0 Å². The van der Waals surface area contributed by atoms with Crippen LogP contribution in [0.15, 0.2) is 22.7 Å². The molecule has 0 amide bonds. The summed E-state index contributed by atoms with van der Waals surface area (Å²) in [7, 11) is 0. The standard InChI is InChI=1S/C13H13BrClNO2S/c1-7(2)9-5-8(14)3-4-10(9)18-13-16-12(15)11(6-17)19-13/h3-5,7,17H,6H2,1-2H3. The lowest BCUT2D eigenvalue weighted by Gasteiger charge is -2.12. The minimum Gasteiger partial charge on any atom is -0.431 e. The highest BCUT2D eigenvalue weighted by Gasteiger charge is 2.14. The van der Waals surface area contributed by atoms with Gasteiger partial charge in [-0.05, 0) is 29.7 Å². The highest BCUT2D eigenvalue weighted by Crippen LogP contribution is 2.36. The monoisotopic (exact) mass is 361 g/mol. The van der Waals surface area contributed by atoms with Crippen molar-refractivity contribution in [1.82, 2.24) is 4.98 Å². The van der Waals surface area contributed by atoms with Crippen molar-refractivity contribution in [2.45, 2.75) is 26.4 Å². The minimum atomic E-state index is -0.128. The number of thiazole rings is 1. The zero-order chi connectivity index (χ0) is 14.0. The largest absolute Gasteiger partial charge is 0.431 e. The average Bonchev–Trinajstić information content (AvgIpc) is 2.71. The van der Waals surface area contributed by atoms with Crippen LogP contribution in [0.2, 0.25) is 5.15 Å². The van der Waals surface area contributed by atoms with E-state index in [0.717, 1.165) is 15.8 Å². The van der Waals surface area contributed by atoms with Gasteiger partial charge in [-0.3, -0.25) is 0 Å². The third kappa shape index (κ3) is 3.48. The topological polar surface area (TPSA) is 42.4 Å². The van der Waals surface area contributed by atoms with E-state index < -0.39 is 0 Å². The molecule has 6 heteroatoms. The third-order valence-electron chi connectivity index (χ3n) is 2.56. The Hall–Kier alpha value is -0.620. The Morgan fingerprint density at radius 1 is 1.47 bits per heavy atom. The minimum absolute atomic E-state index is 0.128. The van der Waals surface area contributed by atoms with Crippen molar-refractivity contribution >= 4 is 38.9 Å². The van der Waals surface area contributed by atoms with E-state index in [4.69, 9.17) is 21.4 Å². The second kappa shape index (κ2) is 6.22. The van der Waals surface area contributed by atoms with Gasteiger partial charge in [-0.25, -0.2) is 0 Å². The van der Waals surface area contributed by atoms with Crippen molar-refractivity contribution in [2.24, 2.45) is 0 Å². The number of ether oxygens (including phenoxy) is 1. The van der Waals surface area contributed by atoms with Crippen LogP contribution in [0.4, 0.5) is 0 Å². The maximum Gasteiger partial charge on any atom is 0.280 e. The second-order valence-electron chi connectivity index (χ2n) is 4.29. The fraction of sp³-hybridized carbons (Fsp3) is 0.308. The molecule has 0 saturated carbocycles. The average molecular weight is 363 g/mol. The Kier molecular flexibility index (Phi) is 4.84. The van der Waals surface area contributed by atoms with Crippen molar-refractivity contribution < 1.29 is 9.84 Å². The van der Waals surface area contributed by atoms with Gasteiger partial charge in [0.1, 0.15) is 10.9 Å². The van der Waals surface area contributed by atoms with Gasteiger partial charge >= 0.3 is 0 Å². The molecule has 0 atom stereocenters. The lowest BCUT2D eigenvalue weighted by molar-refractivity contribution is 0.285. The predicted octanol–water partition coefficient (Wildman–Crippen LogP) is 4.97. The molecule has 19 heavy (non-hydrogen) atoms. The van der Waals surface area contributed by atoms with Crippen molar-refractivity contribution in [3.05, 3.63) is 38.3 Å². The molecule has 1 N–H and O–H groups in total. The van der Waals surface area contributed by atoms with Crippen LogP contribution in [0.5, 0.6) is 10.9 Å². The number of hydrogen-bond acceptors (Lipinski definition) is 4. The van der Waals surface area contributed by atoms with Crippen LogP contribution in [0.1, 0.15) is 30.2 Å². The quantitative estimate of drug-likeness (QED) is 0.835. The maximum atomic E-state index is 9.10. The van der Waals surface area contributed by atoms with E-state index in [0.29, 0.717) is 21.1 Å². The van der Waals surface area contributed by atoms with Gasteiger partial charge in [-0.15, -0.1) is 0 Å². The van der Waals surface area contributed by atoms with Crippen molar-refractivity contribution in [1.29, 1.82) is 0 Å². The first-order valence-electron chi connectivity index (χ1n) is 5.74. The van der Waals surface area contributed by atoms with Crippen LogP contribution in [0, 0.1) is 0 Å². The van der Waals surface area contributed by atoms with Gasteiger partial charge in [0.2, 0.25) is 0 Å². The molecule has 0 spiro atoms. The van der Waals surface area contributed by atoms with Crippen LogP contribution < -0.4 is 4.74 Å². The van der Waals surface area contributed by atoms with Gasteiger partial charge in [-0.1, -0.05) is 52.7 Å². The lowest BCUT2D eigenvalue weighted by atomic mass is 10.0. The summed E-state index contributed by atoms with van der Waals surface area (Å²) in [6.45, 7) is 4.07. The summed E-state index contributed by atoms with van der Waals surface area (Å²) in [4.78, 5) is 4.70. The number of hydrogen-bond donors (Lipinski definition) is 1. The van der Waals surface area contributed by atoms with Crippen molar-refractivity contribution in [3.63, 3.8) is 0 Å². The highest BCUT2D eigenvalue weighted by molar-refractivity contribution is 9.10. The van der Waals surface area contributed by atoms with E-state index in [1.807, 2.05) is 18.2 Å². The number of rotatable bonds is 4. The van der Waals surface area contributed by atoms with Crippen LogP contribution in [0.25, 0.3) is 0 Å². The molecule has 0 aliphatic carbocycles. The summed E-state index contributed by atoms with van der Waals surface area (Å²) in [5, 5.41) is 9.84. The Labute approximate surface area is 129 Å². The number of aliphatic hydroxyl groups excluding tert-OH is 1. The Morgan fingerprint density at radius 2 is 2.21 bits per heavy atom. The lowest BCUT2D eigenvalue weighted by Crippen LogP contribution is -1.93. The normalized spacial score (nSPS) is 11.1. The molecule has 0 aliphatic rings.